The summed E-state index contributed by atoms with van der Waals surface area (Å²) in [6, 6.07) is 5.37. The largest absolute Gasteiger partial charge is 0.471 e. The molecule has 0 aliphatic rings. The van der Waals surface area contributed by atoms with Crippen LogP contribution in [0.2, 0.25) is 0 Å². The summed E-state index contributed by atoms with van der Waals surface area (Å²) in [6.07, 6.45) is -4.74. The number of nitrogens with zero attached hydrogens (tertiary/aromatic N) is 2. The summed E-state index contributed by atoms with van der Waals surface area (Å²) >= 11 is 0. The Balaban J connectivity index is 2.10. The maximum absolute atomic E-state index is 12.5. The van der Waals surface area contributed by atoms with Crippen molar-refractivity contribution in [3.63, 3.8) is 0 Å². The zero-order chi connectivity index (χ0) is 19.8. The summed E-state index contributed by atoms with van der Waals surface area (Å²) in [5.74, 6) is -2.23. The lowest BCUT2D eigenvalue weighted by Crippen LogP contribution is -2.41. The minimum absolute atomic E-state index is 0.185. The van der Waals surface area contributed by atoms with Gasteiger partial charge in [0.2, 0.25) is 15.8 Å². The van der Waals surface area contributed by atoms with Crippen LogP contribution in [0.15, 0.2) is 28.8 Å². The normalized spacial score (nSPS) is 13.0. The number of aromatic nitrogens is 2. The van der Waals surface area contributed by atoms with E-state index in [1.165, 1.54) is 45.0 Å². The molecule has 0 saturated carbocycles. The summed E-state index contributed by atoms with van der Waals surface area (Å²) in [5.41, 5.74) is 0.404. The van der Waals surface area contributed by atoms with E-state index in [-0.39, 0.29) is 17.0 Å². The van der Waals surface area contributed by atoms with Crippen molar-refractivity contribution in [1.82, 2.24) is 14.9 Å². The summed E-state index contributed by atoms with van der Waals surface area (Å²) < 4.78 is 66.5. The number of nitrogens with one attached hydrogen (secondary N) is 1. The molecule has 1 N–H and O–H groups in total. The van der Waals surface area contributed by atoms with Gasteiger partial charge >= 0.3 is 12.1 Å². The van der Waals surface area contributed by atoms with Gasteiger partial charge in [0.05, 0.1) is 11.3 Å². The summed E-state index contributed by atoms with van der Waals surface area (Å²) in [5, 5.41) is 3.24. The summed E-state index contributed by atoms with van der Waals surface area (Å²) in [4.78, 5) is 15.3. The van der Waals surface area contributed by atoms with Gasteiger partial charge in [0.25, 0.3) is 0 Å². The number of alkyl halides is 3. The van der Waals surface area contributed by atoms with Crippen molar-refractivity contribution in [1.29, 1.82) is 0 Å². The predicted octanol–water partition coefficient (Wildman–Crippen LogP) is 2.66. The Hall–Kier alpha value is -2.27. The average Bonchev–Trinajstić information content (AvgIpc) is 3.02. The molecule has 0 aliphatic heterocycles. The van der Waals surface area contributed by atoms with Gasteiger partial charge in [-0.1, -0.05) is 29.4 Å². The van der Waals surface area contributed by atoms with Gasteiger partial charge in [0, 0.05) is 11.1 Å². The topological polar surface area (TPSA) is 102 Å². The van der Waals surface area contributed by atoms with E-state index in [4.69, 9.17) is 0 Å². The molecule has 0 fully saturated rings. The molecule has 0 radical (unpaired) electrons. The van der Waals surface area contributed by atoms with Crippen LogP contribution >= 0.6 is 0 Å². The highest BCUT2D eigenvalue weighted by atomic mass is 32.2. The molecule has 142 valence electrons. The minimum atomic E-state index is -4.74. The highest BCUT2D eigenvalue weighted by molar-refractivity contribution is 7.90. The molecule has 2 rings (SSSR count). The molecule has 2 aromatic rings. The second kappa shape index (κ2) is 6.80. The molecule has 0 amide bonds. The average molecular weight is 391 g/mol. The van der Waals surface area contributed by atoms with Crippen LogP contribution in [0, 0.1) is 0 Å². The van der Waals surface area contributed by atoms with Crippen molar-refractivity contribution in [2.24, 2.45) is 0 Å². The highest BCUT2D eigenvalue weighted by Gasteiger charge is 2.38. The Morgan fingerprint density at radius 2 is 1.73 bits per heavy atom. The quantitative estimate of drug-likeness (QED) is 0.786. The second-order valence-corrected chi connectivity index (χ2v) is 8.88. The van der Waals surface area contributed by atoms with Crippen LogP contribution in [0.4, 0.5) is 13.2 Å². The molecule has 11 heteroatoms. The van der Waals surface area contributed by atoms with Gasteiger partial charge in [0.15, 0.2) is 5.78 Å². The number of ketones is 1. The van der Waals surface area contributed by atoms with E-state index in [9.17, 15) is 26.4 Å². The van der Waals surface area contributed by atoms with E-state index in [0.29, 0.717) is 0 Å². The first kappa shape index (κ1) is 20.0. The fraction of sp³-hybridized carbons (Fsp3) is 0.400. The molecule has 7 nitrogen and oxygen atoms in total. The maximum atomic E-state index is 12.5. The van der Waals surface area contributed by atoms with Crippen LogP contribution < -0.4 is 4.72 Å². The van der Waals surface area contributed by atoms with Gasteiger partial charge in [-0.3, -0.25) is 4.79 Å². The highest BCUT2D eigenvalue weighted by Crippen LogP contribution is 2.29. The van der Waals surface area contributed by atoms with Crippen molar-refractivity contribution >= 4 is 15.8 Å². The first-order chi connectivity index (χ1) is 11.8. The lowest BCUT2D eigenvalue weighted by atomic mass is 10.1. The molecule has 0 bridgehead atoms. The Labute approximate surface area is 147 Å². The number of Topliss-reactive ketones (excluding diaryl/α,β-unsaturated/α-hetero) is 1. The number of benzene rings is 1. The van der Waals surface area contributed by atoms with Crippen LogP contribution in [0.1, 0.15) is 37.0 Å². The van der Waals surface area contributed by atoms with Gasteiger partial charge < -0.3 is 4.52 Å². The van der Waals surface area contributed by atoms with Crippen molar-refractivity contribution in [3.8, 4) is 11.4 Å². The zero-order valence-electron chi connectivity index (χ0n) is 14.1. The number of halogens is 3. The van der Waals surface area contributed by atoms with Crippen LogP contribution in [0.5, 0.6) is 0 Å². The number of carbonyl (C=O) groups excluding carboxylic acids is 1. The van der Waals surface area contributed by atoms with E-state index in [0.717, 1.165) is 0 Å². The van der Waals surface area contributed by atoms with E-state index >= 15 is 0 Å². The molecule has 1 aromatic carbocycles. The van der Waals surface area contributed by atoms with Gasteiger partial charge in [-0.25, -0.2) is 13.1 Å². The molecule has 0 saturated heterocycles. The Bertz CT molecular complexity index is 897. The lowest BCUT2D eigenvalue weighted by Gasteiger charge is -2.19. The summed E-state index contributed by atoms with van der Waals surface area (Å²) in [7, 11) is -3.67. The Morgan fingerprint density at radius 1 is 1.15 bits per heavy atom. The fourth-order valence-corrected chi connectivity index (χ4v) is 2.49. The fourth-order valence-electron chi connectivity index (χ4n) is 1.74. The van der Waals surface area contributed by atoms with Crippen molar-refractivity contribution in [2.75, 3.05) is 6.54 Å². The number of carbonyl (C=O) groups is 1. The number of hydrogen-bond donors (Lipinski definition) is 1. The minimum Gasteiger partial charge on any atom is -0.329 e. The van der Waals surface area contributed by atoms with Crippen LogP contribution in [0.3, 0.4) is 0 Å². The van der Waals surface area contributed by atoms with Crippen LogP contribution in [-0.2, 0) is 16.2 Å². The zero-order valence-corrected chi connectivity index (χ0v) is 14.9. The SMILES string of the molecule is CC(C)(C)S(=O)(=O)NCC(=O)c1ccc(-c2noc(C(F)(F)F)n2)cc1. The Kier molecular flexibility index (Phi) is 5.24. The molecule has 26 heavy (non-hydrogen) atoms. The third-order valence-corrected chi connectivity index (χ3v) is 5.50. The van der Waals surface area contributed by atoms with Crippen LogP contribution in [-0.4, -0.2) is 35.6 Å². The molecule has 0 spiro atoms. The van der Waals surface area contributed by atoms with Crippen molar-refractivity contribution < 1.29 is 30.9 Å². The maximum Gasteiger partial charge on any atom is 0.471 e. The van der Waals surface area contributed by atoms with Crippen molar-refractivity contribution in [2.45, 2.75) is 31.7 Å². The van der Waals surface area contributed by atoms with Crippen LogP contribution in [0.25, 0.3) is 11.4 Å². The van der Waals surface area contributed by atoms with Gasteiger partial charge in [-0.05, 0) is 20.8 Å². The van der Waals surface area contributed by atoms with E-state index < -0.39 is 39.2 Å². The molecule has 1 aromatic heterocycles. The molecular formula is C15H16F3N3O4S. The van der Waals surface area contributed by atoms with Gasteiger partial charge in [-0.15, -0.1) is 0 Å². The predicted molar refractivity (Wildman–Crippen MR) is 85.7 cm³/mol. The third kappa shape index (κ3) is 4.47. The molecular weight excluding hydrogens is 375 g/mol. The van der Waals surface area contributed by atoms with E-state index in [2.05, 4.69) is 19.4 Å². The summed E-state index contributed by atoms with van der Waals surface area (Å²) in [6.45, 7) is 4.05. The third-order valence-electron chi connectivity index (χ3n) is 3.36. The molecule has 0 unspecified atom stereocenters. The molecule has 0 atom stereocenters. The van der Waals surface area contributed by atoms with Crippen molar-refractivity contribution in [3.05, 3.63) is 35.7 Å². The van der Waals surface area contributed by atoms with E-state index in [1.807, 2.05) is 0 Å². The molecule has 0 aliphatic carbocycles. The number of sulfonamides is 1. The first-order valence-corrected chi connectivity index (χ1v) is 8.83. The van der Waals surface area contributed by atoms with Gasteiger partial charge in [0.1, 0.15) is 0 Å². The monoisotopic (exact) mass is 391 g/mol. The van der Waals surface area contributed by atoms with E-state index in [1.54, 1.807) is 0 Å². The number of hydrogen-bond acceptors (Lipinski definition) is 6. The second-order valence-electron chi connectivity index (χ2n) is 6.36. The first-order valence-electron chi connectivity index (χ1n) is 7.35. The molecule has 1 heterocycles. The standard InChI is InChI=1S/C15H16F3N3O4S/c1-14(2,3)26(23,24)19-8-11(22)9-4-6-10(7-5-9)12-20-13(25-21-12)15(16,17)18/h4-7,19H,8H2,1-3H3. The van der Waals surface area contributed by atoms with Gasteiger partial charge in [-0.2, -0.15) is 18.2 Å². The lowest BCUT2D eigenvalue weighted by molar-refractivity contribution is -0.159. The smallest absolute Gasteiger partial charge is 0.329 e. The number of rotatable bonds is 5. The Morgan fingerprint density at radius 3 is 2.19 bits per heavy atom.